The molecule has 3 aromatic carbocycles. The van der Waals surface area contributed by atoms with Gasteiger partial charge in [0.1, 0.15) is 0 Å². The third-order valence-electron chi connectivity index (χ3n) is 6.52. The van der Waals surface area contributed by atoms with Gasteiger partial charge in [-0.2, -0.15) is 0 Å². The van der Waals surface area contributed by atoms with Crippen molar-refractivity contribution in [3.63, 3.8) is 0 Å². The van der Waals surface area contributed by atoms with Crippen LogP contribution in [0.15, 0.2) is 76.5 Å². The molecule has 2 heterocycles. The molecule has 2 aliphatic rings. The summed E-state index contributed by atoms with van der Waals surface area (Å²) in [7, 11) is 1.77. The molecule has 35 heavy (non-hydrogen) atoms. The van der Waals surface area contributed by atoms with Gasteiger partial charge < -0.3 is 14.7 Å². The minimum atomic E-state index is -0.0644. The molecule has 2 amide bonds. The Kier molecular flexibility index (Phi) is 6.58. The van der Waals surface area contributed by atoms with Gasteiger partial charge >= 0.3 is 0 Å². The van der Waals surface area contributed by atoms with Crippen molar-refractivity contribution >= 4 is 52.6 Å². The third-order valence-corrected chi connectivity index (χ3v) is 7.83. The zero-order chi connectivity index (χ0) is 24.5. The first-order chi connectivity index (χ1) is 16.9. The maximum atomic E-state index is 13.3. The van der Waals surface area contributed by atoms with Crippen molar-refractivity contribution in [2.75, 3.05) is 43.0 Å². The molecule has 178 valence electrons. The van der Waals surface area contributed by atoms with Crippen LogP contribution in [0.5, 0.6) is 0 Å². The number of fused-ring (bicyclic) bond motifs is 1. The van der Waals surface area contributed by atoms with E-state index >= 15 is 0 Å². The van der Waals surface area contributed by atoms with E-state index in [9.17, 15) is 9.59 Å². The second-order valence-corrected chi connectivity index (χ2v) is 10.3. The number of nitrogens with zero attached hydrogens (tertiary/aromatic N) is 3. The second-order valence-electron chi connectivity index (χ2n) is 8.77. The Bertz CT molecular complexity index is 1330. The van der Waals surface area contributed by atoms with Crippen LogP contribution in [0.1, 0.15) is 21.5 Å². The molecule has 0 spiro atoms. The van der Waals surface area contributed by atoms with Crippen LogP contribution in [0, 0.1) is 6.92 Å². The predicted octanol–water partition coefficient (Wildman–Crippen LogP) is 5.72. The van der Waals surface area contributed by atoms with Crippen molar-refractivity contribution in [1.82, 2.24) is 4.90 Å². The molecule has 5 rings (SSSR count). The number of thioether (sulfide) groups is 1. The van der Waals surface area contributed by atoms with Crippen LogP contribution in [0.2, 0.25) is 5.02 Å². The average molecular weight is 504 g/mol. The summed E-state index contributed by atoms with van der Waals surface area (Å²) in [6.07, 6.45) is 1.94. The second kappa shape index (κ2) is 9.80. The van der Waals surface area contributed by atoms with Gasteiger partial charge in [-0.05, 0) is 60.5 Å². The van der Waals surface area contributed by atoms with Crippen molar-refractivity contribution in [3.8, 4) is 0 Å². The zero-order valence-electron chi connectivity index (χ0n) is 19.7. The van der Waals surface area contributed by atoms with E-state index in [-0.39, 0.29) is 11.8 Å². The minimum absolute atomic E-state index is 0.00866. The van der Waals surface area contributed by atoms with Crippen LogP contribution >= 0.6 is 23.4 Å². The number of anilines is 2. The van der Waals surface area contributed by atoms with Crippen LogP contribution < -0.4 is 9.80 Å². The van der Waals surface area contributed by atoms with E-state index in [4.69, 9.17) is 11.6 Å². The maximum Gasteiger partial charge on any atom is 0.264 e. The van der Waals surface area contributed by atoms with Crippen molar-refractivity contribution in [2.45, 2.75) is 11.8 Å². The smallest absolute Gasteiger partial charge is 0.264 e. The van der Waals surface area contributed by atoms with E-state index in [1.165, 1.54) is 11.8 Å². The van der Waals surface area contributed by atoms with Gasteiger partial charge in [0, 0.05) is 54.4 Å². The van der Waals surface area contributed by atoms with Crippen molar-refractivity contribution in [1.29, 1.82) is 0 Å². The number of amides is 2. The van der Waals surface area contributed by atoms with E-state index in [0.717, 1.165) is 40.5 Å². The molecular weight excluding hydrogens is 478 g/mol. The van der Waals surface area contributed by atoms with Gasteiger partial charge in [-0.3, -0.25) is 9.59 Å². The summed E-state index contributed by atoms with van der Waals surface area (Å²) < 4.78 is 0. The Hall–Kier alpha value is -3.22. The molecule has 1 fully saturated rings. The number of rotatable bonds is 3. The van der Waals surface area contributed by atoms with E-state index in [1.54, 1.807) is 11.9 Å². The number of likely N-dealkylation sites (N-methyl/N-ethyl adjacent to an activating group) is 1. The topological polar surface area (TPSA) is 43.9 Å². The quantitative estimate of drug-likeness (QED) is 0.429. The number of carbonyl (C=O) groups is 2. The molecular formula is C28H26ClN3O2S. The minimum Gasteiger partial charge on any atom is -0.368 e. The molecule has 0 N–H and O–H groups in total. The molecule has 7 heteroatoms. The Morgan fingerprint density at radius 3 is 2.49 bits per heavy atom. The summed E-state index contributed by atoms with van der Waals surface area (Å²) in [5.41, 5.74) is 4.60. The number of halogens is 1. The van der Waals surface area contributed by atoms with Crippen LogP contribution in [-0.4, -0.2) is 49.9 Å². The van der Waals surface area contributed by atoms with Gasteiger partial charge in [0.25, 0.3) is 11.8 Å². The molecule has 0 saturated carbocycles. The normalized spacial score (nSPS) is 17.1. The highest BCUT2D eigenvalue weighted by Crippen LogP contribution is 2.42. The summed E-state index contributed by atoms with van der Waals surface area (Å²) in [5, 5.41) is 0.712. The molecule has 1 saturated heterocycles. The van der Waals surface area contributed by atoms with E-state index in [2.05, 4.69) is 4.90 Å². The first-order valence-electron chi connectivity index (χ1n) is 11.6. The lowest BCUT2D eigenvalue weighted by Crippen LogP contribution is -2.48. The number of hydrogen-bond acceptors (Lipinski definition) is 4. The Balaban J connectivity index is 1.32. The summed E-state index contributed by atoms with van der Waals surface area (Å²) in [6, 6.07) is 21.5. The van der Waals surface area contributed by atoms with Gasteiger partial charge in [0.2, 0.25) is 0 Å². The lowest BCUT2D eigenvalue weighted by molar-refractivity contribution is -0.114. The van der Waals surface area contributed by atoms with Gasteiger partial charge in [0.15, 0.2) is 0 Å². The number of aryl methyl sites for hydroxylation is 1. The SMILES string of the molecule is Cc1ccccc1/C=C1\Sc2ccc(C(=O)N3CCN(c4cccc(Cl)c4)CC3)cc2N(C)C1=O. The van der Waals surface area contributed by atoms with Gasteiger partial charge in [-0.1, -0.05) is 53.7 Å². The van der Waals surface area contributed by atoms with E-state index in [0.29, 0.717) is 28.6 Å². The molecule has 0 aliphatic carbocycles. The Morgan fingerprint density at radius 2 is 1.74 bits per heavy atom. The summed E-state index contributed by atoms with van der Waals surface area (Å²) >= 11 is 7.59. The molecule has 5 nitrogen and oxygen atoms in total. The molecule has 0 atom stereocenters. The number of carbonyl (C=O) groups excluding carboxylic acids is 2. The molecule has 0 bridgehead atoms. The van der Waals surface area contributed by atoms with E-state index < -0.39 is 0 Å². The van der Waals surface area contributed by atoms with Crippen molar-refractivity contribution < 1.29 is 9.59 Å². The fourth-order valence-corrected chi connectivity index (χ4v) is 5.71. The Morgan fingerprint density at radius 1 is 0.971 bits per heavy atom. The summed E-state index contributed by atoms with van der Waals surface area (Å²) in [5.74, 6) is -0.0730. The molecule has 0 unspecified atom stereocenters. The highest BCUT2D eigenvalue weighted by molar-refractivity contribution is 8.04. The first kappa shape index (κ1) is 23.5. The summed E-state index contributed by atoms with van der Waals surface area (Å²) in [6.45, 7) is 4.80. The standard InChI is InChI=1S/C28H26ClN3O2S/c1-19-6-3-4-7-20(19)17-26-28(34)30(2)24-16-21(10-11-25(24)35-26)27(33)32-14-12-31(13-15-32)23-9-5-8-22(29)18-23/h3-11,16-18H,12-15H2,1-2H3/b26-17-. The molecule has 3 aromatic rings. The van der Waals surface area contributed by atoms with Crippen LogP contribution in [-0.2, 0) is 4.79 Å². The largest absolute Gasteiger partial charge is 0.368 e. The highest BCUT2D eigenvalue weighted by atomic mass is 35.5. The lowest BCUT2D eigenvalue weighted by atomic mass is 10.1. The lowest BCUT2D eigenvalue weighted by Gasteiger charge is -2.36. The van der Waals surface area contributed by atoms with Crippen molar-refractivity contribution in [3.05, 3.63) is 93.3 Å². The first-order valence-corrected chi connectivity index (χ1v) is 12.8. The monoisotopic (exact) mass is 503 g/mol. The fraction of sp³-hybridized carbons (Fsp3) is 0.214. The number of piperazine rings is 1. The van der Waals surface area contributed by atoms with Gasteiger partial charge in [-0.25, -0.2) is 0 Å². The average Bonchev–Trinajstić information content (AvgIpc) is 2.88. The molecule has 0 aromatic heterocycles. The number of hydrogen-bond donors (Lipinski definition) is 0. The predicted molar refractivity (Wildman–Crippen MR) is 144 cm³/mol. The van der Waals surface area contributed by atoms with Crippen LogP contribution in [0.3, 0.4) is 0 Å². The Labute approximate surface area is 215 Å². The third kappa shape index (κ3) is 4.81. The van der Waals surface area contributed by atoms with Gasteiger partial charge in [0.05, 0.1) is 10.6 Å². The maximum absolute atomic E-state index is 13.3. The van der Waals surface area contributed by atoms with Crippen LogP contribution in [0.25, 0.3) is 6.08 Å². The van der Waals surface area contributed by atoms with Crippen molar-refractivity contribution in [2.24, 2.45) is 0 Å². The molecule has 2 aliphatic heterocycles. The highest BCUT2D eigenvalue weighted by Gasteiger charge is 2.29. The zero-order valence-corrected chi connectivity index (χ0v) is 21.3. The fourth-order valence-electron chi connectivity index (χ4n) is 4.44. The molecule has 0 radical (unpaired) electrons. The van der Waals surface area contributed by atoms with E-state index in [1.807, 2.05) is 84.6 Å². The van der Waals surface area contributed by atoms with Crippen LogP contribution in [0.4, 0.5) is 11.4 Å². The number of benzene rings is 3. The van der Waals surface area contributed by atoms with Gasteiger partial charge in [-0.15, -0.1) is 0 Å². The summed E-state index contributed by atoms with van der Waals surface area (Å²) in [4.78, 5) is 33.8.